The molecule has 0 saturated carbocycles. The van der Waals surface area contributed by atoms with Crippen LogP contribution in [0.4, 0.5) is 5.82 Å². The number of aromatic nitrogens is 1. The maximum absolute atomic E-state index is 6.07. The minimum atomic E-state index is 0.402. The van der Waals surface area contributed by atoms with Crippen LogP contribution < -0.4 is 10.6 Å². The van der Waals surface area contributed by atoms with E-state index in [0.29, 0.717) is 17.6 Å². The molecule has 2 N–H and O–H groups in total. The maximum Gasteiger partial charge on any atom is 0.129 e. The summed E-state index contributed by atoms with van der Waals surface area (Å²) in [6, 6.07) is 4.57. The van der Waals surface area contributed by atoms with Crippen molar-refractivity contribution >= 4 is 17.4 Å². The van der Waals surface area contributed by atoms with Crippen molar-refractivity contribution in [2.24, 2.45) is 5.73 Å². The van der Waals surface area contributed by atoms with Crippen LogP contribution in [-0.4, -0.2) is 17.6 Å². The van der Waals surface area contributed by atoms with Gasteiger partial charge in [-0.2, -0.15) is 0 Å². The molecule has 1 aromatic heterocycles. The average Bonchev–Trinajstić information content (AvgIpc) is 2.40. The van der Waals surface area contributed by atoms with Gasteiger partial charge in [0.1, 0.15) is 5.82 Å². The standard InChI is InChI=1S/C14H22ClN3/c1-2-5-11-6-3-4-9-18(11)14-8-7-12(15)13(10-16)17-14/h7-8,11H,2-6,9-10,16H2,1H3. The lowest BCUT2D eigenvalue weighted by Gasteiger charge is -2.37. The second kappa shape index (κ2) is 6.39. The molecular weight excluding hydrogens is 246 g/mol. The summed E-state index contributed by atoms with van der Waals surface area (Å²) >= 11 is 6.07. The first kappa shape index (κ1) is 13.6. The third kappa shape index (κ3) is 2.96. The molecule has 0 bridgehead atoms. The summed E-state index contributed by atoms with van der Waals surface area (Å²) in [7, 11) is 0. The second-order valence-electron chi connectivity index (χ2n) is 4.93. The molecule has 2 rings (SSSR count). The van der Waals surface area contributed by atoms with Crippen LogP contribution in [-0.2, 0) is 6.54 Å². The van der Waals surface area contributed by atoms with Crippen molar-refractivity contribution in [3.8, 4) is 0 Å². The molecule has 2 heterocycles. The van der Waals surface area contributed by atoms with Crippen LogP contribution in [0.2, 0.25) is 5.02 Å². The van der Waals surface area contributed by atoms with Gasteiger partial charge >= 0.3 is 0 Å². The van der Waals surface area contributed by atoms with Gasteiger partial charge in [0.15, 0.2) is 0 Å². The number of halogens is 1. The number of anilines is 1. The van der Waals surface area contributed by atoms with Crippen molar-refractivity contribution in [3.63, 3.8) is 0 Å². The SMILES string of the molecule is CCCC1CCCCN1c1ccc(Cl)c(CN)n1. The fourth-order valence-corrected chi connectivity index (χ4v) is 2.89. The highest BCUT2D eigenvalue weighted by atomic mass is 35.5. The summed E-state index contributed by atoms with van der Waals surface area (Å²) in [5, 5.41) is 0.672. The molecule has 1 atom stereocenters. The summed E-state index contributed by atoms with van der Waals surface area (Å²) in [5.41, 5.74) is 6.48. The lowest BCUT2D eigenvalue weighted by molar-refractivity contribution is 0.431. The molecule has 0 radical (unpaired) electrons. The summed E-state index contributed by atoms with van der Waals surface area (Å²) in [4.78, 5) is 7.05. The van der Waals surface area contributed by atoms with E-state index >= 15 is 0 Å². The smallest absolute Gasteiger partial charge is 0.129 e. The molecule has 4 heteroatoms. The first-order chi connectivity index (χ1) is 8.76. The third-order valence-corrected chi connectivity index (χ3v) is 3.98. The van der Waals surface area contributed by atoms with E-state index < -0.39 is 0 Å². The zero-order chi connectivity index (χ0) is 13.0. The van der Waals surface area contributed by atoms with Gasteiger partial charge in [0.25, 0.3) is 0 Å². The summed E-state index contributed by atoms with van der Waals surface area (Å²) in [6.45, 7) is 3.75. The molecule has 1 aromatic rings. The van der Waals surface area contributed by atoms with E-state index in [1.54, 1.807) is 0 Å². The number of pyridine rings is 1. The van der Waals surface area contributed by atoms with E-state index in [-0.39, 0.29) is 0 Å². The topological polar surface area (TPSA) is 42.1 Å². The quantitative estimate of drug-likeness (QED) is 0.910. The van der Waals surface area contributed by atoms with Crippen molar-refractivity contribution in [1.82, 2.24) is 4.98 Å². The van der Waals surface area contributed by atoms with Crippen molar-refractivity contribution in [2.45, 2.75) is 51.6 Å². The van der Waals surface area contributed by atoms with Crippen molar-refractivity contribution in [3.05, 3.63) is 22.8 Å². The van der Waals surface area contributed by atoms with Gasteiger partial charge in [-0.05, 0) is 37.8 Å². The largest absolute Gasteiger partial charge is 0.354 e. The van der Waals surface area contributed by atoms with Crippen LogP contribution in [0, 0.1) is 0 Å². The number of piperidine rings is 1. The Bertz CT molecular complexity index is 393. The minimum Gasteiger partial charge on any atom is -0.354 e. The lowest BCUT2D eigenvalue weighted by Crippen LogP contribution is -2.40. The van der Waals surface area contributed by atoms with Gasteiger partial charge < -0.3 is 10.6 Å². The Labute approximate surface area is 114 Å². The van der Waals surface area contributed by atoms with Gasteiger partial charge in [0.05, 0.1) is 10.7 Å². The Morgan fingerprint density at radius 2 is 2.28 bits per heavy atom. The summed E-state index contributed by atoms with van der Waals surface area (Å²) < 4.78 is 0. The van der Waals surface area contributed by atoms with E-state index in [9.17, 15) is 0 Å². The molecular formula is C14H22ClN3. The van der Waals surface area contributed by atoms with Gasteiger partial charge in [0.2, 0.25) is 0 Å². The fraction of sp³-hybridized carbons (Fsp3) is 0.643. The normalized spacial score (nSPS) is 20.2. The van der Waals surface area contributed by atoms with Gasteiger partial charge in [-0.25, -0.2) is 4.98 Å². The van der Waals surface area contributed by atoms with Crippen LogP contribution in [0.5, 0.6) is 0 Å². The molecule has 18 heavy (non-hydrogen) atoms. The van der Waals surface area contributed by atoms with Gasteiger partial charge in [-0.3, -0.25) is 0 Å². The van der Waals surface area contributed by atoms with E-state index in [1.807, 2.05) is 12.1 Å². The molecule has 1 unspecified atom stereocenters. The average molecular weight is 268 g/mol. The van der Waals surface area contributed by atoms with E-state index in [4.69, 9.17) is 17.3 Å². The Morgan fingerprint density at radius 3 is 3.00 bits per heavy atom. The van der Waals surface area contributed by atoms with Gasteiger partial charge in [-0.1, -0.05) is 24.9 Å². The van der Waals surface area contributed by atoms with Gasteiger partial charge in [-0.15, -0.1) is 0 Å². The first-order valence-electron chi connectivity index (χ1n) is 6.88. The monoisotopic (exact) mass is 267 g/mol. The fourth-order valence-electron chi connectivity index (χ4n) is 2.71. The Morgan fingerprint density at radius 1 is 1.44 bits per heavy atom. The molecule has 0 aromatic carbocycles. The van der Waals surface area contributed by atoms with Crippen molar-refractivity contribution < 1.29 is 0 Å². The molecule has 1 aliphatic heterocycles. The molecule has 1 saturated heterocycles. The van der Waals surface area contributed by atoms with Crippen LogP contribution in [0.15, 0.2) is 12.1 Å². The number of nitrogens with two attached hydrogens (primary N) is 1. The molecule has 100 valence electrons. The van der Waals surface area contributed by atoms with Crippen molar-refractivity contribution in [2.75, 3.05) is 11.4 Å². The highest BCUT2D eigenvalue weighted by molar-refractivity contribution is 6.31. The maximum atomic E-state index is 6.07. The summed E-state index contributed by atoms with van der Waals surface area (Å²) in [5.74, 6) is 1.04. The predicted molar refractivity (Wildman–Crippen MR) is 77.0 cm³/mol. The molecule has 0 spiro atoms. The molecule has 1 fully saturated rings. The van der Waals surface area contributed by atoms with E-state index in [2.05, 4.69) is 16.8 Å². The Hall–Kier alpha value is -0.800. The number of hydrogen-bond donors (Lipinski definition) is 1. The predicted octanol–water partition coefficient (Wildman–Crippen LogP) is 3.35. The molecule has 0 aliphatic carbocycles. The van der Waals surface area contributed by atoms with Crippen LogP contribution in [0.25, 0.3) is 0 Å². The zero-order valence-electron chi connectivity index (χ0n) is 11.0. The molecule has 1 aliphatic rings. The van der Waals surface area contributed by atoms with E-state index in [0.717, 1.165) is 18.1 Å². The third-order valence-electron chi connectivity index (χ3n) is 3.64. The van der Waals surface area contributed by atoms with Crippen molar-refractivity contribution in [1.29, 1.82) is 0 Å². The molecule has 0 amide bonds. The number of rotatable bonds is 4. The highest BCUT2D eigenvalue weighted by Gasteiger charge is 2.23. The Kier molecular flexibility index (Phi) is 4.84. The first-order valence-corrected chi connectivity index (χ1v) is 7.26. The Balaban J connectivity index is 2.22. The van der Waals surface area contributed by atoms with Crippen LogP contribution in [0.1, 0.15) is 44.7 Å². The summed E-state index contributed by atoms with van der Waals surface area (Å²) in [6.07, 6.45) is 6.32. The number of hydrogen-bond acceptors (Lipinski definition) is 3. The highest BCUT2D eigenvalue weighted by Crippen LogP contribution is 2.27. The minimum absolute atomic E-state index is 0.402. The lowest BCUT2D eigenvalue weighted by atomic mass is 9.98. The van der Waals surface area contributed by atoms with Crippen LogP contribution in [0.3, 0.4) is 0 Å². The van der Waals surface area contributed by atoms with Crippen LogP contribution >= 0.6 is 11.6 Å². The van der Waals surface area contributed by atoms with E-state index in [1.165, 1.54) is 32.1 Å². The zero-order valence-corrected chi connectivity index (χ0v) is 11.8. The number of nitrogens with zero attached hydrogens (tertiary/aromatic N) is 2. The second-order valence-corrected chi connectivity index (χ2v) is 5.34. The molecule has 3 nitrogen and oxygen atoms in total. The van der Waals surface area contributed by atoms with Gasteiger partial charge in [0, 0.05) is 19.1 Å².